The van der Waals surface area contributed by atoms with E-state index in [4.69, 9.17) is 4.74 Å². The second kappa shape index (κ2) is 8.11. The number of aromatic nitrogens is 2. The number of hydrogen-bond acceptors (Lipinski definition) is 5. The Morgan fingerprint density at radius 2 is 1.79 bits per heavy atom. The van der Waals surface area contributed by atoms with Crippen molar-refractivity contribution < 1.29 is 4.74 Å². The third-order valence-electron chi connectivity index (χ3n) is 3.69. The molecule has 0 saturated carbocycles. The Morgan fingerprint density at radius 3 is 2.42 bits per heavy atom. The summed E-state index contributed by atoms with van der Waals surface area (Å²) >= 11 is 0. The number of benzene rings is 1. The number of nitrogens with one attached hydrogen (secondary N) is 2. The molecule has 0 amide bonds. The largest absolute Gasteiger partial charge is 0.385 e. The third-order valence-corrected chi connectivity index (χ3v) is 3.69. The number of methoxy groups -OCH3 is 1. The van der Waals surface area contributed by atoms with Crippen molar-refractivity contribution in [2.75, 3.05) is 30.9 Å². The molecule has 130 valence electrons. The van der Waals surface area contributed by atoms with Crippen LogP contribution in [0, 0.1) is 6.92 Å². The van der Waals surface area contributed by atoms with E-state index in [1.807, 2.05) is 13.0 Å². The minimum absolute atomic E-state index is 0.156. The van der Waals surface area contributed by atoms with Crippen molar-refractivity contribution in [1.82, 2.24) is 9.97 Å². The van der Waals surface area contributed by atoms with Crippen LogP contribution in [0.4, 0.5) is 17.5 Å². The summed E-state index contributed by atoms with van der Waals surface area (Å²) < 4.78 is 5.05. The van der Waals surface area contributed by atoms with Crippen molar-refractivity contribution in [2.24, 2.45) is 0 Å². The summed E-state index contributed by atoms with van der Waals surface area (Å²) in [5.74, 6) is 1.43. The average molecular weight is 328 g/mol. The molecule has 1 aromatic heterocycles. The van der Waals surface area contributed by atoms with Crippen LogP contribution < -0.4 is 10.6 Å². The number of aryl methyl sites for hydroxylation is 1. The lowest BCUT2D eigenvalue weighted by molar-refractivity contribution is 0.197. The van der Waals surface area contributed by atoms with Crippen LogP contribution in [-0.2, 0) is 10.2 Å². The fourth-order valence-corrected chi connectivity index (χ4v) is 2.33. The van der Waals surface area contributed by atoms with E-state index in [2.05, 4.69) is 65.6 Å². The number of ether oxygens (including phenoxy) is 1. The first-order chi connectivity index (χ1) is 11.4. The van der Waals surface area contributed by atoms with Crippen LogP contribution in [0.15, 0.2) is 30.3 Å². The predicted octanol–water partition coefficient (Wildman–Crippen LogP) is 4.27. The van der Waals surface area contributed by atoms with Crippen molar-refractivity contribution in [1.29, 1.82) is 0 Å². The van der Waals surface area contributed by atoms with Crippen LogP contribution in [0.3, 0.4) is 0 Å². The van der Waals surface area contributed by atoms with Gasteiger partial charge < -0.3 is 15.4 Å². The van der Waals surface area contributed by atoms with Crippen molar-refractivity contribution in [3.8, 4) is 0 Å². The van der Waals surface area contributed by atoms with Crippen molar-refractivity contribution >= 4 is 17.5 Å². The number of rotatable bonds is 7. The molecule has 24 heavy (non-hydrogen) atoms. The number of hydrogen-bond donors (Lipinski definition) is 2. The molecule has 0 saturated heterocycles. The fraction of sp³-hybridized carbons (Fsp3) is 0.474. The highest BCUT2D eigenvalue weighted by Crippen LogP contribution is 2.24. The quantitative estimate of drug-likeness (QED) is 0.743. The van der Waals surface area contributed by atoms with Crippen molar-refractivity contribution in [2.45, 2.75) is 39.5 Å². The molecule has 0 atom stereocenters. The molecule has 0 aliphatic carbocycles. The lowest BCUT2D eigenvalue weighted by Gasteiger charge is -2.19. The highest BCUT2D eigenvalue weighted by Gasteiger charge is 2.13. The maximum Gasteiger partial charge on any atom is 0.224 e. The summed E-state index contributed by atoms with van der Waals surface area (Å²) in [4.78, 5) is 8.94. The van der Waals surface area contributed by atoms with E-state index in [1.165, 1.54) is 5.56 Å². The van der Waals surface area contributed by atoms with Gasteiger partial charge in [0.1, 0.15) is 5.82 Å². The molecule has 2 N–H and O–H groups in total. The van der Waals surface area contributed by atoms with Crippen LogP contribution >= 0.6 is 0 Å². The van der Waals surface area contributed by atoms with E-state index in [1.54, 1.807) is 7.11 Å². The molecule has 0 unspecified atom stereocenters. The molecule has 0 radical (unpaired) electrons. The minimum Gasteiger partial charge on any atom is -0.385 e. The first kappa shape index (κ1) is 18.2. The van der Waals surface area contributed by atoms with E-state index >= 15 is 0 Å². The van der Waals surface area contributed by atoms with Gasteiger partial charge in [0.25, 0.3) is 0 Å². The Labute approximate surface area is 144 Å². The first-order valence-corrected chi connectivity index (χ1v) is 8.34. The van der Waals surface area contributed by atoms with E-state index in [-0.39, 0.29) is 5.41 Å². The van der Waals surface area contributed by atoms with E-state index in [0.717, 1.165) is 36.8 Å². The molecule has 2 rings (SSSR count). The van der Waals surface area contributed by atoms with Gasteiger partial charge in [0.05, 0.1) is 0 Å². The molecule has 0 spiro atoms. The first-order valence-electron chi connectivity index (χ1n) is 8.34. The van der Waals surface area contributed by atoms with E-state index < -0.39 is 0 Å². The standard InChI is InChI=1S/C19H28N4O/c1-14-13-17(23-18(21-14)20-11-6-12-24-5)22-16-9-7-15(8-10-16)19(2,3)4/h7-10,13H,6,11-12H2,1-5H3,(H2,20,21,22,23). The van der Waals surface area contributed by atoms with Gasteiger partial charge in [-0.2, -0.15) is 4.98 Å². The zero-order valence-electron chi connectivity index (χ0n) is 15.3. The molecule has 2 aromatic rings. The molecule has 0 aliphatic rings. The second-order valence-electron chi connectivity index (χ2n) is 6.94. The van der Waals surface area contributed by atoms with Gasteiger partial charge in [-0.25, -0.2) is 4.98 Å². The number of anilines is 3. The van der Waals surface area contributed by atoms with E-state index in [9.17, 15) is 0 Å². The van der Waals surface area contributed by atoms with Gasteiger partial charge in [-0.1, -0.05) is 32.9 Å². The van der Waals surface area contributed by atoms with E-state index in [0.29, 0.717) is 5.95 Å². The van der Waals surface area contributed by atoms with Crippen LogP contribution in [-0.4, -0.2) is 30.2 Å². The molecule has 5 nitrogen and oxygen atoms in total. The lowest BCUT2D eigenvalue weighted by Crippen LogP contribution is -2.11. The topological polar surface area (TPSA) is 59.1 Å². The molecule has 0 fully saturated rings. The van der Waals surface area contributed by atoms with Gasteiger partial charge in [0, 0.05) is 37.7 Å². The average Bonchev–Trinajstić information content (AvgIpc) is 2.51. The van der Waals surface area contributed by atoms with Crippen LogP contribution in [0.2, 0.25) is 0 Å². The summed E-state index contributed by atoms with van der Waals surface area (Å²) in [5.41, 5.74) is 3.41. The fourth-order valence-electron chi connectivity index (χ4n) is 2.33. The molecular formula is C19H28N4O. The minimum atomic E-state index is 0.156. The molecule has 0 bridgehead atoms. The van der Waals surface area contributed by atoms with Crippen molar-refractivity contribution in [3.05, 3.63) is 41.6 Å². The number of nitrogens with zero attached hydrogens (tertiary/aromatic N) is 2. The van der Waals surface area contributed by atoms with Crippen LogP contribution in [0.1, 0.15) is 38.4 Å². The molecule has 0 aliphatic heterocycles. The SMILES string of the molecule is COCCCNc1nc(C)cc(Nc2ccc(C(C)(C)C)cc2)n1. The Morgan fingerprint density at radius 1 is 1.08 bits per heavy atom. The lowest BCUT2D eigenvalue weighted by atomic mass is 9.87. The van der Waals surface area contributed by atoms with Gasteiger partial charge in [-0.15, -0.1) is 0 Å². The predicted molar refractivity (Wildman–Crippen MR) is 100 cm³/mol. The monoisotopic (exact) mass is 328 g/mol. The van der Waals surface area contributed by atoms with Crippen molar-refractivity contribution in [3.63, 3.8) is 0 Å². The summed E-state index contributed by atoms with van der Waals surface area (Å²) in [7, 11) is 1.70. The smallest absolute Gasteiger partial charge is 0.224 e. The normalized spacial score (nSPS) is 11.4. The summed E-state index contributed by atoms with van der Waals surface area (Å²) in [6.07, 6.45) is 0.921. The van der Waals surface area contributed by atoms with Crippen LogP contribution in [0.25, 0.3) is 0 Å². The van der Waals surface area contributed by atoms with Gasteiger partial charge in [-0.05, 0) is 36.5 Å². The highest BCUT2D eigenvalue weighted by molar-refractivity contribution is 5.58. The van der Waals surface area contributed by atoms with Gasteiger partial charge >= 0.3 is 0 Å². The second-order valence-corrected chi connectivity index (χ2v) is 6.94. The molecule has 1 heterocycles. The van der Waals surface area contributed by atoms with Crippen LogP contribution in [0.5, 0.6) is 0 Å². The molecule has 5 heteroatoms. The molecular weight excluding hydrogens is 300 g/mol. The Hall–Kier alpha value is -2.14. The summed E-state index contributed by atoms with van der Waals surface area (Å²) in [5, 5.41) is 6.58. The maximum atomic E-state index is 5.05. The van der Waals surface area contributed by atoms with Gasteiger partial charge in [0.15, 0.2) is 0 Å². The van der Waals surface area contributed by atoms with Gasteiger partial charge in [0.2, 0.25) is 5.95 Å². The van der Waals surface area contributed by atoms with Gasteiger partial charge in [-0.3, -0.25) is 0 Å². The maximum absolute atomic E-state index is 5.05. The summed E-state index contributed by atoms with van der Waals surface area (Å²) in [6, 6.07) is 10.4. The Balaban J connectivity index is 2.05. The molecule has 1 aromatic carbocycles. The highest BCUT2D eigenvalue weighted by atomic mass is 16.5. The Bertz CT molecular complexity index is 647. The third kappa shape index (κ3) is 5.49. The summed E-state index contributed by atoms with van der Waals surface area (Å²) in [6.45, 7) is 10.1. The zero-order valence-corrected chi connectivity index (χ0v) is 15.3. The zero-order chi connectivity index (χ0) is 17.6. The Kier molecular flexibility index (Phi) is 6.15.